The van der Waals surface area contributed by atoms with Crippen LogP contribution in [0.2, 0.25) is 5.02 Å². The van der Waals surface area contributed by atoms with E-state index in [1.54, 1.807) is 12.3 Å². The van der Waals surface area contributed by atoms with Gasteiger partial charge in [-0.05, 0) is 53.2 Å². The molecular weight excluding hydrogens is 612 g/mol. The number of rotatable bonds is 13. The minimum absolute atomic E-state index is 0.267. The molecule has 3 aromatic rings. The van der Waals surface area contributed by atoms with E-state index in [4.69, 9.17) is 26.8 Å². The number of carbonyl (C=O) groups excluding carboxylic acids is 1. The van der Waals surface area contributed by atoms with Gasteiger partial charge in [0.15, 0.2) is 5.13 Å². The molecule has 3 heterocycles. The molecule has 1 amide bonds. The smallest absolute Gasteiger partial charge is 0.267 e. The van der Waals surface area contributed by atoms with E-state index in [0.29, 0.717) is 52.1 Å². The van der Waals surface area contributed by atoms with Crippen molar-refractivity contribution >= 4 is 51.3 Å². The molecule has 0 spiro atoms. The maximum atomic E-state index is 12.8. The number of piperazine rings is 1. The summed E-state index contributed by atoms with van der Waals surface area (Å²) in [5.41, 5.74) is 6.52. The van der Waals surface area contributed by atoms with E-state index in [0.717, 1.165) is 44.1 Å². The summed E-state index contributed by atoms with van der Waals surface area (Å²) in [6.45, 7) is 21.8. The summed E-state index contributed by atoms with van der Waals surface area (Å²) in [4.78, 5) is 31.6. The number of para-hydroxylation sites is 1. The highest BCUT2D eigenvalue weighted by Gasteiger charge is 2.26. The predicted molar refractivity (Wildman–Crippen MR) is 185 cm³/mol. The Morgan fingerprint density at radius 3 is 2.44 bits per heavy atom. The van der Waals surface area contributed by atoms with E-state index in [1.165, 1.54) is 11.3 Å². The molecule has 1 aliphatic rings. The molecule has 1 aromatic carbocycles. The zero-order valence-corrected chi connectivity index (χ0v) is 29.4. The Morgan fingerprint density at radius 1 is 1.07 bits per heavy atom. The second-order valence-electron chi connectivity index (χ2n) is 11.9. The Kier molecular flexibility index (Phi) is 13.5. The van der Waals surface area contributed by atoms with Gasteiger partial charge < -0.3 is 30.7 Å². The number of amides is 1. The lowest BCUT2D eigenvalue weighted by Gasteiger charge is -2.36. The minimum Gasteiger partial charge on any atom is -0.372 e. The molecule has 1 fully saturated rings. The van der Waals surface area contributed by atoms with Crippen LogP contribution in [0.1, 0.15) is 62.6 Å². The van der Waals surface area contributed by atoms with E-state index in [9.17, 15) is 4.79 Å². The Bertz CT molecular complexity index is 1370. The Hall–Kier alpha value is -2.87. The lowest BCUT2D eigenvalue weighted by Crippen LogP contribution is -2.48. The number of anilines is 4. The molecule has 1 saturated heterocycles. The number of aryl methyl sites for hydroxylation is 2. The zero-order valence-electron chi connectivity index (χ0n) is 27.9. The van der Waals surface area contributed by atoms with Gasteiger partial charge in [-0.1, -0.05) is 48.9 Å². The average molecular weight is 661 g/mol. The largest absolute Gasteiger partial charge is 0.372 e. The maximum Gasteiger partial charge on any atom is 0.267 e. The maximum absolute atomic E-state index is 12.8. The first kappa shape index (κ1) is 36.6. The van der Waals surface area contributed by atoms with Crippen molar-refractivity contribution < 1.29 is 14.3 Å². The third kappa shape index (κ3) is 11.2. The molecule has 0 radical (unpaired) electrons. The van der Waals surface area contributed by atoms with Crippen LogP contribution in [0.15, 0.2) is 30.5 Å². The van der Waals surface area contributed by atoms with Gasteiger partial charge in [-0.15, -0.1) is 0 Å². The number of aromatic nitrogens is 3. The van der Waals surface area contributed by atoms with Crippen molar-refractivity contribution in [1.82, 2.24) is 19.9 Å². The second kappa shape index (κ2) is 16.6. The van der Waals surface area contributed by atoms with Crippen LogP contribution < -0.4 is 21.3 Å². The topological polar surface area (TPSA) is 131 Å². The summed E-state index contributed by atoms with van der Waals surface area (Å²) in [5.74, 6) is 1.87. The number of nitrogens with one attached hydrogen (secondary N) is 2. The van der Waals surface area contributed by atoms with Crippen LogP contribution in [0.3, 0.4) is 0 Å². The summed E-state index contributed by atoms with van der Waals surface area (Å²) in [6.07, 6.45) is 1.54. The van der Waals surface area contributed by atoms with Crippen LogP contribution in [-0.2, 0) is 9.47 Å². The van der Waals surface area contributed by atoms with Gasteiger partial charge in [0.2, 0.25) is 0 Å². The molecule has 0 bridgehead atoms. The molecule has 248 valence electrons. The van der Waals surface area contributed by atoms with Gasteiger partial charge in [-0.25, -0.2) is 15.0 Å². The summed E-state index contributed by atoms with van der Waals surface area (Å²) < 4.78 is 12.1. The average Bonchev–Trinajstić information content (AvgIpc) is 3.48. The first-order chi connectivity index (χ1) is 21.3. The summed E-state index contributed by atoms with van der Waals surface area (Å²) in [5, 5.41) is 7.18. The second-order valence-corrected chi connectivity index (χ2v) is 13.3. The third-order valence-corrected chi connectivity index (χ3v) is 8.37. The number of carbonyl (C=O) groups is 1. The Balaban J connectivity index is 0.00000271. The number of ether oxygens (including phenoxy) is 2. The number of nitrogens with zero attached hydrogens (tertiary/aromatic N) is 5. The van der Waals surface area contributed by atoms with E-state index in [-0.39, 0.29) is 17.1 Å². The number of hydrogen-bond donors (Lipinski definition) is 3. The van der Waals surface area contributed by atoms with Crippen molar-refractivity contribution in [2.45, 2.75) is 66.6 Å². The number of benzene rings is 1. The van der Waals surface area contributed by atoms with E-state index in [2.05, 4.69) is 35.4 Å². The SMILES string of the molecule is CC.Cc1nc(Nc2ncc(C(=O)Nc3c(C)cccc3Cl)s2)cc(N2CCN(CCOC(C)(C)COC(C)(C)CN)CC2)n1. The first-order valence-corrected chi connectivity index (χ1v) is 16.6. The molecule has 2 aromatic heterocycles. The lowest BCUT2D eigenvalue weighted by atomic mass is 10.1. The monoisotopic (exact) mass is 660 g/mol. The summed E-state index contributed by atoms with van der Waals surface area (Å²) >= 11 is 7.51. The number of halogens is 1. The van der Waals surface area contributed by atoms with Crippen molar-refractivity contribution in [1.29, 1.82) is 0 Å². The summed E-state index contributed by atoms with van der Waals surface area (Å²) in [7, 11) is 0. The molecular formula is C32H49ClN8O3S. The van der Waals surface area contributed by atoms with Crippen molar-refractivity contribution in [3.8, 4) is 0 Å². The first-order valence-electron chi connectivity index (χ1n) is 15.4. The summed E-state index contributed by atoms with van der Waals surface area (Å²) in [6, 6.07) is 7.41. The molecule has 0 atom stereocenters. The molecule has 11 nitrogen and oxygen atoms in total. The van der Waals surface area contributed by atoms with Crippen LogP contribution in [0.25, 0.3) is 0 Å². The fraction of sp³-hybridized carbons (Fsp3) is 0.562. The quantitative estimate of drug-likeness (QED) is 0.204. The molecule has 0 unspecified atom stereocenters. The van der Waals surface area contributed by atoms with Crippen molar-refractivity contribution in [3.63, 3.8) is 0 Å². The van der Waals surface area contributed by atoms with Gasteiger partial charge in [-0.2, -0.15) is 0 Å². The highest BCUT2D eigenvalue weighted by molar-refractivity contribution is 7.17. The number of nitrogens with two attached hydrogens (primary N) is 1. The van der Waals surface area contributed by atoms with Gasteiger partial charge in [0.1, 0.15) is 22.3 Å². The van der Waals surface area contributed by atoms with Gasteiger partial charge >= 0.3 is 0 Å². The normalized spacial score (nSPS) is 14.1. The number of thiazole rings is 1. The Morgan fingerprint density at radius 2 is 1.78 bits per heavy atom. The van der Waals surface area contributed by atoms with Crippen LogP contribution in [0.5, 0.6) is 0 Å². The van der Waals surface area contributed by atoms with E-state index < -0.39 is 0 Å². The third-order valence-electron chi connectivity index (χ3n) is 7.15. The predicted octanol–water partition coefficient (Wildman–Crippen LogP) is 5.90. The highest BCUT2D eigenvalue weighted by Crippen LogP contribution is 2.28. The zero-order chi connectivity index (χ0) is 33.2. The van der Waals surface area contributed by atoms with Crippen molar-refractivity contribution in [2.24, 2.45) is 5.73 Å². The van der Waals surface area contributed by atoms with Gasteiger partial charge in [0, 0.05) is 45.3 Å². The fourth-order valence-corrected chi connectivity index (χ4v) is 5.40. The van der Waals surface area contributed by atoms with E-state index in [1.807, 2.05) is 73.6 Å². The molecule has 0 saturated carbocycles. The molecule has 45 heavy (non-hydrogen) atoms. The molecule has 1 aliphatic heterocycles. The molecule has 4 rings (SSSR count). The van der Waals surface area contributed by atoms with Gasteiger partial charge in [0.05, 0.1) is 41.3 Å². The van der Waals surface area contributed by atoms with Gasteiger partial charge in [-0.3, -0.25) is 9.69 Å². The highest BCUT2D eigenvalue weighted by atomic mass is 35.5. The minimum atomic E-state index is -0.382. The van der Waals surface area contributed by atoms with Crippen LogP contribution >= 0.6 is 22.9 Å². The standard InChI is InChI=1S/C30H43ClN8O3S.C2H6/c1-20-8-7-9-22(31)26(20)37-27(40)23-17-33-28(43-23)36-24-16-25(35-21(2)34-24)39-12-10-38(11-13-39)14-15-41-30(5,6)19-42-29(3,4)18-32;1-2/h7-9,16-17H,10-15,18-19,32H2,1-6H3,(H,37,40)(H,33,34,35,36);1-2H3. The fourth-order valence-electron chi connectivity index (χ4n) is 4.41. The van der Waals surface area contributed by atoms with Gasteiger partial charge in [0.25, 0.3) is 5.91 Å². The van der Waals surface area contributed by atoms with Crippen molar-refractivity contribution in [2.75, 3.05) is 68.0 Å². The van der Waals surface area contributed by atoms with Crippen molar-refractivity contribution in [3.05, 3.63) is 51.7 Å². The van der Waals surface area contributed by atoms with Crippen LogP contribution in [-0.4, -0.2) is 89.4 Å². The number of hydrogen-bond acceptors (Lipinski definition) is 11. The molecule has 13 heteroatoms. The van der Waals surface area contributed by atoms with E-state index >= 15 is 0 Å². The van der Waals surface area contributed by atoms with Crippen LogP contribution in [0.4, 0.5) is 22.5 Å². The molecule has 0 aliphatic carbocycles. The Labute approximate surface area is 276 Å². The molecule has 4 N–H and O–H groups in total. The lowest BCUT2D eigenvalue weighted by molar-refractivity contribution is -0.119. The van der Waals surface area contributed by atoms with Crippen LogP contribution in [0, 0.1) is 13.8 Å².